The average molecular weight is 574 g/mol. The molecule has 0 radical (unpaired) electrons. The molecule has 0 spiro atoms. The molecule has 4 heterocycles. The highest BCUT2D eigenvalue weighted by Crippen LogP contribution is 2.41. The van der Waals surface area contributed by atoms with E-state index in [4.69, 9.17) is 19.3 Å². The van der Waals surface area contributed by atoms with E-state index < -0.39 is 0 Å². The molecule has 0 aliphatic rings. The second-order valence-corrected chi connectivity index (χ2v) is 11.8. The lowest BCUT2D eigenvalue weighted by molar-refractivity contribution is 1.24. The molecule has 0 aliphatic carbocycles. The van der Waals surface area contributed by atoms with E-state index in [9.17, 15) is 0 Å². The van der Waals surface area contributed by atoms with Gasteiger partial charge >= 0.3 is 0 Å². The number of hydrogen-bond acceptors (Lipinski definition) is 7. The second kappa shape index (κ2) is 9.21. The molecule has 42 heavy (non-hydrogen) atoms. The maximum atomic E-state index is 5.27. The minimum absolute atomic E-state index is 0.716. The van der Waals surface area contributed by atoms with Gasteiger partial charge in [0.25, 0.3) is 0 Å². The van der Waals surface area contributed by atoms with E-state index in [0.29, 0.717) is 5.82 Å². The molecule has 0 N–H and O–H groups in total. The molecule has 0 saturated heterocycles. The number of fused-ring (bicyclic) bond motifs is 8. The highest BCUT2D eigenvalue weighted by Gasteiger charge is 2.19. The van der Waals surface area contributed by atoms with Crippen LogP contribution in [0.2, 0.25) is 0 Å². The molecule has 0 atom stereocenters. The zero-order valence-electron chi connectivity index (χ0n) is 22.0. The molecule has 196 valence electrons. The Balaban J connectivity index is 1.37. The van der Waals surface area contributed by atoms with Crippen LogP contribution in [0.3, 0.4) is 0 Å². The number of hydrogen-bond donors (Lipinski definition) is 0. The molecule has 0 aliphatic heterocycles. The van der Waals surface area contributed by atoms with E-state index in [1.807, 2.05) is 30.3 Å². The molecule has 0 amide bonds. The maximum Gasteiger partial charge on any atom is 0.160 e. The fourth-order valence-corrected chi connectivity index (χ4v) is 7.50. The minimum atomic E-state index is 0.716. The quantitative estimate of drug-likeness (QED) is 0.197. The van der Waals surface area contributed by atoms with Gasteiger partial charge in [-0.1, -0.05) is 91.0 Å². The van der Waals surface area contributed by atoms with Crippen LogP contribution in [-0.4, -0.2) is 23.7 Å². The number of thiophene rings is 1. The molecule has 0 unspecified atom stereocenters. The van der Waals surface area contributed by atoms with Gasteiger partial charge in [-0.15, -0.1) is 11.3 Å². The summed E-state index contributed by atoms with van der Waals surface area (Å²) in [5.41, 5.74) is 8.60. The first kappa shape index (κ1) is 23.6. The number of benzene rings is 5. The van der Waals surface area contributed by atoms with Crippen molar-refractivity contribution in [2.45, 2.75) is 0 Å². The molecule has 5 nitrogen and oxygen atoms in total. The molecule has 9 aromatic rings. The third-order valence-electron chi connectivity index (χ3n) is 7.75. The first-order valence-corrected chi connectivity index (χ1v) is 15.2. The summed E-state index contributed by atoms with van der Waals surface area (Å²) >= 11 is 2.98. The SMILES string of the molecule is c1ccc(-c2nc(-c3ccc4c(c3)nc(-c3ccccc3)c3ccc5nsnc5c34)c3sc4ccccc4c3n2)cc1. The smallest absolute Gasteiger partial charge is 0.160 e. The van der Waals surface area contributed by atoms with Gasteiger partial charge in [0.15, 0.2) is 5.82 Å². The van der Waals surface area contributed by atoms with Gasteiger partial charge in [-0.2, -0.15) is 8.75 Å². The summed E-state index contributed by atoms with van der Waals surface area (Å²) in [5, 5.41) is 4.35. The average Bonchev–Trinajstić information content (AvgIpc) is 3.69. The minimum Gasteiger partial charge on any atom is -0.247 e. The zero-order valence-corrected chi connectivity index (χ0v) is 23.7. The topological polar surface area (TPSA) is 64.5 Å². The maximum absolute atomic E-state index is 5.27. The Hall–Kier alpha value is -5.11. The van der Waals surface area contributed by atoms with Crippen molar-refractivity contribution in [1.82, 2.24) is 23.7 Å². The largest absolute Gasteiger partial charge is 0.247 e. The van der Waals surface area contributed by atoms with E-state index in [1.165, 1.54) is 16.4 Å². The summed E-state index contributed by atoms with van der Waals surface area (Å²) in [4.78, 5) is 15.5. The van der Waals surface area contributed by atoms with E-state index in [0.717, 1.165) is 76.4 Å². The van der Waals surface area contributed by atoms with Gasteiger partial charge in [-0.25, -0.2) is 15.0 Å². The van der Waals surface area contributed by atoms with Crippen LogP contribution in [0.1, 0.15) is 0 Å². The second-order valence-electron chi connectivity index (χ2n) is 10.2. The molecular formula is C35H19N5S2. The lowest BCUT2D eigenvalue weighted by Crippen LogP contribution is -1.95. The Morgan fingerprint density at radius 1 is 0.476 bits per heavy atom. The Morgan fingerprint density at radius 3 is 2.10 bits per heavy atom. The van der Waals surface area contributed by atoms with Crippen molar-refractivity contribution in [3.05, 3.63) is 115 Å². The Kier molecular flexibility index (Phi) is 5.17. The molecule has 7 heteroatoms. The number of aromatic nitrogens is 5. The van der Waals surface area contributed by atoms with E-state index in [-0.39, 0.29) is 0 Å². The van der Waals surface area contributed by atoms with Crippen LogP contribution in [0, 0.1) is 0 Å². The predicted molar refractivity (Wildman–Crippen MR) is 175 cm³/mol. The third-order valence-corrected chi connectivity index (χ3v) is 9.46. The van der Waals surface area contributed by atoms with Crippen molar-refractivity contribution in [1.29, 1.82) is 0 Å². The van der Waals surface area contributed by atoms with Crippen molar-refractivity contribution >= 4 is 76.1 Å². The summed E-state index contributed by atoms with van der Waals surface area (Å²) < 4.78 is 11.5. The van der Waals surface area contributed by atoms with Crippen molar-refractivity contribution in [2.75, 3.05) is 0 Å². The van der Waals surface area contributed by atoms with Gasteiger partial charge in [-0.05, 0) is 24.3 Å². The van der Waals surface area contributed by atoms with Gasteiger partial charge in [0.05, 0.1) is 38.8 Å². The summed E-state index contributed by atoms with van der Waals surface area (Å²) in [6, 6.07) is 39.6. The van der Waals surface area contributed by atoms with E-state index in [2.05, 4.69) is 89.3 Å². The lowest BCUT2D eigenvalue weighted by Gasteiger charge is -2.12. The first-order valence-electron chi connectivity index (χ1n) is 13.6. The van der Waals surface area contributed by atoms with Crippen molar-refractivity contribution in [3.8, 4) is 33.9 Å². The Labute approximate surface area is 248 Å². The van der Waals surface area contributed by atoms with Crippen LogP contribution in [-0.2, 0) is 0 Å². The highest BCUT2D eigenvalue weighted by molar-refractivity contribution is 7.26. The van der Waals surface area contributed by atoms with Crippen molar-refractivity contribution < 1.29 is 0 Å². The lowest BCUT2D eigenvalue weighted by atomic mass is 9.97. The molecule has 4 aromatic heterocycles. The molecule has 0 fully saturated rings. The summed E-state index contributed by atoms with van der Waals surface area (Å²) in [7, 11) is 0. The summed E-state index contributed by atoms with van der Waals surface area (Å²) in [6.07, 6.45) is 0. The first-order chi connectivity index (χ1) is 20.8. The molecule has 0 bridgehead atoms. The van der Waals surface area contributed by atoms with Crippen LogP contribution in [0.15, 0.2) is 115 Å². The Bertz CT molecular complexity index is 2470. The predicted octanol–water partition coefficient (Wildman–Crippen LogP) is 9.55. The van der Waals surface area contributed by atoms with Crippen molar-refractivity contribution in [3.63, 3.8) is 0 Å². The molecule has 5 aromatic carbocycles. The van der Waals surface area contributed by atoms with Crippen molar-refractivity contribution in [2.24, 2.45) is 0 Å². The molecular weight excluding hydrogens is 555 g/mol. The van der Waals surface area contributed by atoms with Crippen LogP contribution < -0.4 is 0 Å². The van der Waals surface area contributed by atoms with E-state index in [1.54, 1.807) is 11.3 Å². The van der Waals surface area contributed by atoms with Crippen LogP contribution in [0.5, 0.6) is 0 Å². The van der Waals surface area contributed by atoms with Gasteiger partial charge in [0, 0.05) is 42.9 Å². The van der Waals surface area contributed by atoms with Crippen LogP contribution in [0.25, 0.3) is 86.9 Å². The molecule has 0 saturated carbocycles. The normalized spacial score (nSPS) is 11.8. The third kappa shape index (κ3) is 3.57. The van der Waals surface area contributed by atoms with Gasteiger partial charge < -0.3 is 0 Å². The molecule has 9 rings (SSSR count). The van der Waals surface area contributed by atoms with Crippen LogP contribution >= 0.6 is 23.1 Å². The Morgan fingerprint density at radius 2 is 1.24 bits per heavy atom. The standard InChI is InChI=1S/C35H19N5S2/c1-3-9-20(10-4-1)30-25-17-18-26-33(40-42-39-26)29(25)23-16-15-22(19-27(23)36-30)31-34-32(24-13-7-8-14-28(24)41-34)38-35(37-31)21-11-5-2-6-12-21/h1-19H. The fraction of sp³-hybridized carbons (Fsp3) is 0. The summed E-state index contributed by atoms with van der Waals surface area (Å²) in [6.45, 7) is 0. The van der Waals surface area contributed by atoms with Gasteiger partial charge in [0.1, 0.15) is 11.0 Å². The van der Waals surface area contributed by atoms with Gasteiger partial charge in [-0.3, -0.25) is 0 Å². The zero-order chi connectivity index (χ0) is 27.6. The fourth-order valence-electron chi connectivity index (χ4n) is 5.80. The van der Waals surface area contributed by atoms with Gasteiger partial charge in [0.2, 0.25) is 0 Å². The number of pyridine rings is 1. The van der Waals surface area contributed by atoms with E-state index >= 15 is 0 Å². The highest BCUT2D eigenvalue weighted by atomic mass is 32.1. The van der Waals surface area contributed by atoms with Crippen LogP contribution in [0.4, 0.5) is 0 Å². The summed E-state index contributed by atoms with van der Waals surface area (Å²) in [5.74, 6) is 0.716. The number of rotatable bonds is 3. The monoisotopic (exact) mass is 573 g/mol. The number of nitrogens with zero attached hydrogens (tertiary/aromatic N) is 5.